The largest absolute Gasteiger partial charge is 0.457 e. The fraction of sp³-hybridized carbons (Fsp3) is 0.241. The zero-order chi connectivity index (χ0) is 31.7. The molecular formula is C29H22Br2N4O9. The molecule has 1 heterocycles. The number of carbonyl (C=O) groups excluding carboxylic acids is 4. The predicted molar refractivity (Wildman–Crippen MR) is 162 cm³/mol. The summed E-state index contributed by atoms with van der Waals surface area (Å²) in [4.78, 5) is 74.9. The Labute approximate surface area is 266 Å². The van der Waals surface area contributed by atoms with Gasteiger partial charge in [0.25, 0.3) is 29.1 Å². The number of carbonyl (C=O) groups is 4. The minimum Gasteiger partial charge on any atom is -0.457 e. The minimum atomic E-state index is -0.850. The van der Waals surface area contributed by atoms with Crippen molar-refractivity contribution < 1.29 is 33.8 Å². The summed E-state index contributed by atoms with van der Waals surface area (Å²) in [6.45, 7) is -0.662. The fourth-order valence-corrected chi connectivity index (χ4v) is 6.37. The van der Waals surface area contributed by atoms with E-state index >= 15 is 0 Å². The van der Waals surface area contributed by atoms with Gasteiger partial charge in [0.1, 0.15) is 18.0 Å². The van der Waals surface area contributed by atoms with Gasteiger partial charge in [-0.1, -0.05) is 31.9 Å². The highest BCUT2D eigenvalue weighted by Crippen LogP contribution is 2.43. The van der Waals surface area contributed by atoms with Crippen molar-refractivity contribution in [1.82, 2.24) is 10.0 Å². The number of ketones is 1. The van der Waals surface area contributed by atoms with Crippen LogP contribution in [0.2, 0.25) is 0 Å². The van der Waals surface area contributed by atoms with Crippen LogP contribution in [0.4, 0.5) is 11.4 Å². The highest BCUT2D eigenvalue weighted by Gasteiger charge is 2.54. The Hall–Kier alpha value is -4.50. The maximum Gasteiger partial charge on any atom is 0.273 e. The van der Waals surface area contributed by atoms with Crippen molar-refractivity contribution in [2.45, 2.75) is 22.5 Å². The van der Waals surface area contributed by atoms with E-state index in [0.717, 1.165) is 22.2 Å². The van der Waals surface area contributed by atoms with Gasteiger partial charge in [-0.15, -0.1) is 0 Å². The van der Waals surface area contributed by atoms with Crippen LogP contribution in [0.15, 0.2) is 72.8 Å². The lowest BCUT2D eigenvalue weighted by molar-refractivity contribution is -0.385. The molecule has 44 heavy (non-hydrogen) atoms. The predicted octanol–water partition coefficient (Wildman–Crippen LogP) is 5.46. The van der Waals surface area contributed by atoms with Crippen LogP contribution in [0.1, 0.15) is 33.6 Å². The number of nitro groups is 2. The van der Waals surface area contributed by atoms with Crippen molar-refractivity contribution in [2.24, 2.45) is 11.8 Å². The van der Waals surface area contributed by atoms with E-state index in [-0.39, 0.29) is 32.2 Å². The minimum absolute atomic E-state index is 0.0533. The van der Waals surface area contributed by atoms with E-state index in [1.807, 2.05) is 0 Å². The summed E-state index contributed by atoms with van der Waals surface area (Å²) < 4.78 is 5.68. The van der Waals surface area contributed by atoms with Crippen LogP contribution >= 0.6 is 31.9 Å². The first kappa shape index (κ1) is 30.9. The molecule has 0 aromatic heterocycles. The number of alkyl halides is 2. The number of imide groups is 1. The van der Waals surface area contributed by atoms with Crippen LogP contribution in [-0.2, 0) is 9.59 Å². The molecule has 15 heteroatoms. The summed E-state index contributed by atoms with van der Waals surface area (Å²) in [5.74, 6) is -3.34. The molecule has 3 amide bonds. The van der Waals surface area contributed by atoms with Crippen molar-refractivity contribution in [3.8, 4) is 11.5 Å². The third-order valence-corrected chi connectivity index (χ3v) is 10.2. The van der Waals surface area contributed by atoms with Gasteiger partial charge < -0.3 is 4.74 Å². The van der Waals surface area contributed by atoms with E-state index in [1.54, 1.807) is 0 Å². The van der Waals surface area contributed by atoms with E-state index in [0.29, 0.717) is 24.3 Å². The highest BCUT2D eigenvalue weighted by molar-refractivity contribution is 9.12. The summed E-state index contributed by atoms with van der Waals surface area (Å²) in [7, 11) is 0. The molecular weight excluding hydrogens is 708 g/mol. The summed E-state index contributed by atoms with van der Waals surface area (Å²) in [6, 6.07) is 15.9. The van der Waals surface area contributed by atoms with E-state index in [4.69, 9.17) is 4.74 Å². The number of benzene rings is 3. The van der Waals surface area contributed by atoms with E-state index in [9.17, 15) is 39.4 Å². The topological polar surface area (TPSA) is 170 Å². The lowest BCUT2D eigenvalue weighted by Gasteiger charge is -2.30. The van der Waals surface area contributed by atoms with Crippen molar-refractivity contribution in [3.63, 3.8) is 0 Å². The van der Waals surface area contributed by atoms with E-state index in [1.165, 1.54) is 60.7 Å². The van der Waals surface area contributed by atoms with Gasteiger partial charge in [0.2, 0.25) is 0 Å². The number of nitrogens with zero attached hydrogens (tertiary/aromatic N) is 4. The Balaban J connectivity index is 1.39. The lowest BCUT2D eigenvalue weighted by atomic mass is 9.81. The molecule has 1 saturated heterocycles. The van der Waals surface area contributed by atoms with Gasteiger partial charge in [0.15, 0.2) is 5.78 Å². The van der Waals surface area contributed by atoms with Gasteiger partial charge in [0.05, 0.1) is 21.7 Å². The molecule has 0 unspecified atom stereocenters. The first-order valence-corrected chi connectivity index (χ1v) is 15.1. The smallest absolute Gasteiger partial charge is 0.273 e. The second-order valence-corrected chi connectivity index (χ2v) is 12.5. The van der Waals surface area contributed by atoms with Gasteiger partial charge in [-0.25, -0.2) is 5.01 Å². The van der Waals surface area contributed by atoms with Crippen molar-refractivity contribution in [2.75, 3.05) is 6.54 Å². The molecule has 5 rings (SSSR count). The van der Waals surface area contributed by atoms with Crippen molar-refractivity contribution in [1.29, 1.82) is 0 Å². The number of fused-ring (bicyclic) bond motifs is 1. The van der Waals surface area contributed by atoms with Crippen LogP contribution in [0, 0.1) is 32.1 Å². The molecule has 1 aliphatic carbocycles. The number of Topliss-reactive ketones (excluding diaryl/α,β-unsaturated/α-hetero) is 1. The maximum absolute atomic E-state index is 13.7. The molecule has 2 aliphatic rings. The number of halogens is 2. The number of non-ortho nitro benzene ring substituents is 2. The van der Waals surface area contributed by atoms with Gasteiger partial charge in [0, 0.05) is 45.0 Å². The Morgan fingerprint density at radius 3 is 1.61 bits per heavy atom. The third-order valence-electron chi connectivity index (χ3n) is 7.44. The van der Waals surface area contributed by atoms with Crippen LogP contribution in [-0.4, -0.2) is 59.6 Å². The summed E-state index contributed by atoms with van der Waals surface area (Å²) in [5, 5.41) is 23.5. The number of hydrazine groups is 1. The van der Waals surface area contributed by atoms with Gasteiger partial charge in [-0.05, 0) is 61.4 Å². The van der Waals surface area contributed by atoms with Crippen LogP contribution in [0.25, 0.3) is 0 Å². The summed E-state index contributed by atoms with van der Waals surface area (Å²) in [5.41, 5.74) is -0.256. The monoisotopic (exact) mass is 728 g/mol. The van der Waals surface area contributed by atoms with Gasteiger partial charge in [-0.2, -0.15) is 5.01 Å². The zero-order valence-electron chi connectivity index (χ0n) is 22.6. The Kier molecular flexibility index (Phi) is 8.87. The lowest BCUT2D eigenvalue weighted by Crippen LogP contribution is -2.52. The molecule has 0 spiro atoms. The average Bonchev–Trinajstić information content (AvgIpc) is 3.24. The fourth-order valence-electron chi connectivity index (χ4n) is 5.13. The van der Waals surface area contributed by atoms with E-state index in [2.05, 4.69) is 31.9 Å². The van der Waals surface area contributed by atoms with Gasteiger partial charge in [-0.3, -0.25) is 39.4 Å². The third kappa shape index (κ3) is 6.24. The maximum atomic E-state index is 13.7. The number of amides is 3. The molecule has 4 atom stereocenters. The molecule has 13 nitrogen and oxygen atoms in total. The van der Waals surface area contributed by atoms with Crippen LogP contribution < -0.4 is 4.74 Å². The molecule has 226 valence electrons. The molecule has 0 bridgehead atoms. The molecule has 0 N–H and O–H groups in total. The Bertz CT molecular complexity index is 1620. The number of hydrogen-bond donors (Lipinski definition) is 0. The molecule has 1 saturated carbocycles. The molecule has 3 aromatic carbocycles. The summed E-state index contributed by atoms with van der Waals surface area (Å²) >= 11 is 7.06. The average molecular weight is 730 g/mol. The van der Waals surface area contributed by atoms with Crippen molar-refractivity contribution >= 4 is 66.7 Å². The first-order valence-electron chi connectivity index (χ1n) is 13.2. The first-order chi connectivity index (χ1) is 20.9. The van der Waals surface area contributed by atoms with Crippen LogP contribution in [0.3, 0.4) is 0 Å². The molecule has 2 fully saturated rings. The Morgan fingerprint density at radius 2 is 1.16 bits per heavy atom. The quantitative estimate of drug-likeness (QED) is 0.0913. The number of rotatable bonds is 9. The SMILES string of the molecule is O=C(CN(C(=O)c1ccc([N+](=O)[O-])cc1)N1C(=O)[C@@H]2C[C@@H](Br)[C@@H](Br)C[C@H]2C1=O)c1ccc(Oc2ccc([N+](=O)[O-])cc2)cc1. The number of hydrogen-bond acceptors (Lipinski definition) is 9. The van der Waals surface area contributed by atoms with Crippen LogP contribution in [0.5, 0.6) is 11.5 Å². The molecule has 3 aromatic rings. The second-order valence-electron chi connectivity index (χ2n) is 10.2. The normalized spacial score (nSPS) is 21.0. The molecule has 0 radical (unpaired) electrons. The standard InChI is InChI=1S/C29H22Br2N4O9/c30-24-13-22-23(14-25(24)31)29(39)33(28(22)38)32(27(37)17-1-5-18(6-2-17)34(40)41)15-26(36)16-3-9-20(10-4-16)44-21-11-7-19(8-12-21)35(42)43/h1-12,22-25H,13-15H2/t22-,23-,24-,25+/m1/s1. The zero-order valence-corrected chi connectivity index (χ0v) is 25.7. The number of nitro benzene ring substituents is 2. The van der Waals surface area contributed by atoms with Crippen molar-refractivity contribution in [3.05, 3.63) is 104 Å². The van der Waals surface area contributed by atoms with Gasteiger partial charge >= 0.3 is 0 Å². The Morgan fingerprint density at radius 1 is 0.750 bits per heavy atom. The summed E-state index contributed by atoms with van der Waals surface area (Å²) in [6.07, 6.45) is 0.705. The number of ether oxygens (including phenoxy) is 1. The molecule has 1 aliphatic heterocycles. The van der Waals surface area contributed by atoms with E-state index < -0.39 is 51.7 Å². The second kappa shape index (κ2) is 12.6. The highest BCUT2D eigenvalue weighted by atomic mass is 79.9.